The third-order valence-electron chi connectivity index (χ3n) is 4.96. The van der Waals surface area contributed by atoms with E-state index in [1.54, 1.807) is 12.3 Å². The zero-order valence-corrected chi connectivity index (χ0v) is 16.5. The first kappa shape index (κ1) is 18.8. The Morgan fingerprint density at radius 3 is 2.82 bits per heavy atom. The standard InChI is InChI=1S/C21H22FN3O2S/c1-15-19(23-20(28-15)18-8-4-13-27-18)21(26)25-10-5-9-24(11-12-25)14-16-6-2-3-7-17(16)22/h2-4,6-8,13H,5,9-12,14H2,1H3. The van der Waals surface area contributed by atoms with Crippen molar-refractivity contribution in [2.24, 2.45) is 0 Å². The predicted octanol–water partition coefficient (Wildman–Crippen LogP) is 4.20. The molecular weight excluding hydrogens is 377 g/mol. The van der Waals surface area contributed by atoms with E-state index >= 15 is 0 Å². The number of hydrogen-bond acceptors (Lipinski definition) is 5. The van der Waals surface area contributed by atoms with E-state index in [1.165, 1.54) is 17.4 Å². The van der Waals surface area contributed by atoms with Gasteiger partial charge in [-0.2, -0.15) is 0 Å². The van der Waals surface area contributed by atoms with Gasteiger partial charge >= 0.3 is 0 Å². The Balaban J connectivity index is 1.43. The van der Waals surface area contributed by atoms with Gasteiger partial charge in [0.15, 0.2) is 10.8 Å². The quantitative estimate of drug-likeness (QED) is 0.660. The van der Waals surface area contributed by atoms with Crippen molar-refractivity contribution in [2.75, 3.05) is 26.2 Å². The third kappa shape index (κ3) is 4.00. The number of nitrogens with zero attached hydrogens (tertiary/aromatic N) is 3. The van der Waals surface area contributed by atoms with Gasteiger partial charge in [-0.3, -0.25) is 9.69 Å². The molecule has 0 N–H and O–H groups in total. The zero-order chi connectivity index (χ0) is 19.5. The first-order chi connectivity index (χ1) is 13.6. The highest BCUT2D eigenvalue weighted by atomic mass is 32.1. The van der Waals surface area contributed by atoms with Crippen LogP contribution in [0.25, 0.3) is 10.8 Å². The maximum atomic E-state index is 13.9. The second-order valence-electron chi connectivity index (χ2n) is 6.91. The number of thiazole rings is 1. The number of hydrogen-bond donors (Lipinski definition) is 0. The van der Waals surface area contributed by atoms with Crippen LogP contribution < -0.4 is 0 Å². The molecule has 1 aliphatic rings. The number of aromatic nitrogens is 1. The molecule has 7 heteroatoms. The van der Waals surface area contributed by atoms with E-state index in [2.05, 4.69) is 9.88 Å². The van der Waals surface area contributed by atoms with Crippen molar-refractivity contribution in [1.82, 2.24) is 14.8 Å². The lowest BCUT2D eigenvalue weighted by molar-refractivity contribution is 0.0755. The van der Waals surface area contributed by atoms with E-state index in [1.807, 2.05) is 36.1 Å². The Morgan fingerprint density at radius 1 is 1.18 bits per heavy atom. The van der Waals surface area contributed by atoms with Crippen LogP contribution in [0.15, 0.2) is 47.1 Å². The van der Waals surface area contributed by atoms with Crippen LogP contribution in [0, 0.1) is 12.7 Å². The summed E-state index contributed by atoms with van der Waals surface area (Å²) in [6.07, 6.45) is 2.46. The predicted molar refractivity (Wildman–Crippen MR) is 107 cm³/mol. The van der Waals surface area contributed by atoms with Crippen molar-refractivity contribution >= 4 is 17.2 Å². The van der Waals surface area contributed by atoms with Gasteiger partial charge in [0.1, 0.15) is 11.5 Å². The van der Waals surface area contributed by atoms with E-state index in [9.17, 15) is 9.18 Å². The number of carbonyl (C=O) groups excluding carboxylic acids is 1. The van der Waals surface area contributed by atoms with Gasteiger partial charge in [-0.15, -0.1) is 11.3 Å². The molecule has 1 amide bonds. The molecule has 0 atom stereocenters. The van der Waals surface area contributed by atoms with Gasteiger partial charge < -0.3 is 9.32 Å². The van der Waals surface area contributed by atoms with Gasteiger partial charge in [0.25, 0.3) is 5.91 Å². The van der Waals surface area contributed by atoms with Gasteiger partial charge in [-0.25, -0.2) is 9.37 Å². The summed E-state index contributed by atoms with van der Waals surface area (Å²) in [4.78, 5) is 22.5. The molecule has 4 rings (SSSR count). The van der Waals surface area contributed by atoms with Crippen LogP contribution in [0.3, 0.4) is 0 Å². The molecule has 3 heterocycles. The van der Waals surface area contributed by atoms with Crippen LogP contribution in [-0.4, -0.2) is 46.9 Å². The van der Waals surface area contributed by atoms with Gasteiger partial charge in [-0.05, 0) is 31.5 Å². The van der Waals surface area contributed by atoms with E-state index in [0.717, 1.165) is 22.9 Å². The third-order valence-corrected chi connectivity index (χ3v) is 5.94. The lowest BCUT2D eigenvalue weighted by Crippen LogP contribution is -2.35. The SMILES string of the molecule is Cc1sc(-c2ccco2)nc1C(=O)N1CCCN(Cc2ccccc2F)CC1. The number of aryl methyl sites for hydroxylation is 1. The molecule has 5 nitrogen and oxygen atoms in total. The molecule has 1 aliphatic heterocycles. The van der Waals surface area contributed by atoms with Crippen molar-refractivity contribution in [1.29, 1.82) is 0 Å². The molecule has 2 aromatic heterocycles. The summed E-state index contributed by atoms with van der Waals surface area (Å²) < 4.78 is 19.3. The summed E-state index contributed by atoms with van der Waals surface area (Å²) in [6.45, 7) is 5.33. The van der Waals surface area contributed by atoms with E-state index in [-0.39, 0.29) is 11.7 Å². The highest BCUT2D eigenvalue weighted by Crippen LogP contribution is 2.28. The number of furan rings is 1. The minimum absolute atomic E-state index is 0.0423. The van der Waals surface area contributed by atoms with Crippen LogP contribution >= 0.6 is 11.3 Å². The molecule has 0 bridgehead atoms. The molecule has 0 radical (unpaired) electrons. The number of benzene rings is 1. The van der Waals surface area contributed by atoms with Crippen molar-refractivity contribution in [3.8, 4) is 10.8 Å². The van der Waals surface area contributed by atoms with Crippen molar-refractivity contribution in [3.63, 3.8) is 0 Å². The fraction of sp³-hybridized carbons (Fsp3) is 0.333. The topological polar surface area (TPSA) is 49.6 Å². The molecular formula is C21H22FN3O2S. The van der Waals surface area contributed by atoms with Crippen LogP contribution in [0.2, 0.25) is 0 Å². The summed E-state index contributed by atoms with van der Waals surface area (Å²) in [5.41, 5.74) is 1.19. The first-order valence-electron chi connectivity index (χ1n) is 9.38. The van der Waals surface area contributed by atoms with E-state index < -0.39 is 0 Å². The average molecular weight is 399 g/mol. The second-order valence-corrected chi connectivity index (χ2v) is 8.12. The Bertz CT molecular complexity index is 954. The highest BCUT2D eigenvalue weighted by Gasteiger charge is 2.25. The molecule has 146 valence electrons. The minimum atomic E-state index is -0.178. The fourth-order valence-electron chi connectivity index (χ4n) is 3.45. The molecule has 0 saturated carbocycles. The summed E-state index contributed by atoms with van der Waals surface area (Å²) in [6, 6.07) is 10.5. The Kier molecular flexibility index (Phi) is 5.54. The van der Waals surface area contributed by atoms with Crippen molar-refractivity contribution in [2.45, 2.75) is 19.9 Å². The number of amides is 1. The largest absolute Gasteiger partial charge is 0.462 e. The monoisotopic (exact) mass is 399 g/mol. The summed E-state index contributed by atoms with van der Waals surface area (Å²) >= 11 is 1.47. The summed E-state index contributed by atoms with van der Waals surface area (Å²) in [5.74, 6) is 0.460. The number of carbonyl (C=O) groups is 1. The van der Waals surface area contributed by atoms with Crippen LogP contribution in [0.5, 0.6) is 0 Å². The molecule has 3 aromatic rings. The molecule has 1 fully saturated rings. The first-order valence-corrected chi connectivity index (χ1v) is 10.2. The van der Waals surface area contributed by atoms with Crippen molar-refractivity contribution in [3.05, 3.63) is 64.6 Å². The van der Waals surface area contributed by atoms with Crippen LogP contribution in [0.1, 0.15) is 27.3 Å². The lowest BCUT2D eigenvalue weighted by Gasteiger charge is -2.22. The summed E-state index contributed by atoms with van der Waals surface area (Å²) in [7, 11) is 0. The number of rotatable bonds is 4. The molecule has 0 spiro atoms. The second kappa shape index (κ2) is 8.24. The maximum Gasteiger partial charge on any atom is 0.273 e. The Hall–Kier alpha value is -2.51. The average Bonchev–Trinajstić information content (AvgIpc) is 3.29. The van der Waals surface area contributed by atoms with E-state index in [0.29, 0.717) is 43.2 Å². The lowest BCUT2D eigenvalue weighted by atomic mass is 10.2. The number of halogens is 1. The molecule has 0 unspecified atom stereocenters. The smallest absolute Gasteiger partial charge is 0.273 e. The van der Waals surface area contributed by atoms with Crippen LogP contribution in [0.4, 0.5) is 4.39 Å². The van der Waals surface area contributed by atoms with E-state index in [4.69, 9.17) is 4.42 Å². The molecule has 1 aromatic carbocycles. The normalized spacial score (nSPS) is 15.6. The molecule has 28 heavy (non-hydrogen) atoms. The zero-order valence-electron chi connectivity index (χ0n) is 15.7. The molecule has 1 saturated heterocycles. The summed E-state index contributed by atoms with van der Waals surface area (Å²) in [5, 5.41) is 0.724. The maximum absolute atomic E-state index is 13.9. The highest BCUT2D eigenvalue weighted by molar-refractivity contribution is 7.15. The van der Waals surface area contributed by atoms with Crippen molar-refractivity contribution < 1.29 is 13.6 Å². The van der Waals surface area contributed by atoms with Gasteiger partial charge in [0.05, 0.1) is 6.26 Å². The minimum Gasteiger partial charge on any atom is -0.462 e. The fourth-order valence-corrected chi connectivity index (χ4v) is 4.32. The van der Waals surface area contributed by atoms with Gasteiger partial charge in [0.2, 0.25) is 0 Å². The van der Waals surface area contributed by atoms with Gasteiger partial charge in [0, 0.05) is 43.2 Å². The Labute approximate surface area is 167 Å². The Morgan fingerprint density at radius 2 is 2.04 bits per heavy atom. The van der Waals surface area contributed by atoms with Crippen LogP contribution in [-0.2, 0) is 6.54 Å². The van der Waals surface area contributed by atoms with Gasteiger partial charge in [-0.1, -0.05) is 18.2 Å². The molecule has 0 aliphatic carbocycles.